The van der Waals surface area contributed by atoms with Crippen LogP contribution in [0, 0.1) is 18.3 Å². The second kappa shape index (κ2) is 4.99. The van der Waals surface area contributed by atoms with Crippen molar-refractivity contribution in [2.75, 3.05) is 0 Å². The van der Waals surface area contributed by atoms with E-state index in [0.717, 1.165) is 16.8 Å². The van der Waals surface area contributed by atoms with E-state index in [1.165, 1.54) is 0 Å². The fraction of sp³-hybridized carbons (Fsp3) is 0.143. The summed E-state index contributed by atoms with van der Waals surface area (Å²) < 4.78 is 0. The first-order valence-electron chi connectivity index (χ1n) is 5.30. The van der Waals surface area contributed by atoms with Gasteiger partial charge in [-0.15, -0.1) is 0 Å². The van der Waals surface area contributed by atoms with E-state index in [1.807, 2.05) is 37.3 Å². The van der Waals surface area contributed by atoms with Gasteiger partial charge in [0.05, 0.1) is 11.6 Å². The van der Waals surface area contributed by atoms with Crippen molar-refractivity contribution in [1.29, 1.82) is 5.26 Å². The van der Waals surface area contributed by atoms with E-state index in [4.69, 9.17) is 16.9 Å². The number of hydrogen-bond acceptors (Lipinski definition) is 2. The minimum absolute atomic E-state index is 0.486. The molecular weight excluding hydrogens is 232 g/mol. The standard InChI is InChI=1S/C14H11ClN2/c1-10-6-7-14(15)17-13(10)8-11-4-2-3-5-12(11)9-16/h2-7H,8H2,1H3. The number of aromatic nitrogens is 1. The van der Waals surface area contributed by atoms with Crippen molar-refractivity contribution in [2.24, 2.45) is 0 Å². The van der Waals surface area contributed by atoms with E-state index in [2.05, 4.69) is 11.1 Å². The van der Waals surface area contributed by atoms with E-state index < -0.39 is 0 Å². The maximum Gasteiger partial charge on any atom is 0.129 e. The van der Waals surface area contributed by atoms with Gasteiger partial charge in [-0.2, -0.15) is 5.26 Å². The fourth-order valence-corrected chi connectivity index (χ4v) is 1.85. The molecule has 0 radical (unpaired) electrons. The Balaban J connectivity index is 2.38. The lowest BCUT2D eigenvalue weighted by atomic mass is 10.0. The molecule has 2 nitrogen and oxygen atoms in total. The first-order chi connectivity index (χ1) is 8.20. The predicted molar refractivity (Wildman–Crippen MR) is 67.9 cm³/mol. The lowest BCUT2D eigenvalue weighted by Crippen LogP contribution is -1.98. The number of rotatable bonds is 2. The second-order valence-electron chi connectivity index (χ2n) is 3.84. The van der Waals surface area contributed by atoms with Gasteiger partial charge >= 0.3 is 0 Å². The van der Waals surface area contributed by atoms with E-state index in [0.29, 0.717) is 17.1 Å². The SMILES string of the molecule is Cc1ccc(Cl)nc1Cc1ccccc1C#N. The van der Waals surface area contributed by atoms with Gasteiger partial charge in [0.15, 0.2) is 0 Å². The minimum Gasteiger partial charge on any atom is -0.241 e. The number of halogens is 1. The molecule has 3 heteroatoms. The van der Waals surface area contributed by atoms with Crippen LogP contribution in [0.5, 0.6) is 0 Å². The summed E-state index contributed by atoms with van der Waals surface area (Å²) in [7, 11) is 0. The molecule has 0 atom stereocenters. The Kier molecular flexibility index (Phi) is 3.41. The third-order valence-electron chi connectivity index (χ3n) is 2.66. The van der Waals surface area contributed by atoms with Crippen molar-refractivity contribution in [1.82, 2.24) is 4.98 Å². The summed E-state index contributed by atoms with van der Waals surface area (Å²) in [5.41, 5.74) is 3.67. The van der Waals surface area contributed by atoms with E-state index in [-0.39, 0.29) is 0 Å². The molecule has 0 saturated carbocycles. The fourth-order valence-electron chi connectivity index (χ4n) is 1.69. The topological polar surface area (TPSA) is 36.7 Å². The highest BCUT2D eigenvalue weighted by atomic mass is 35.5. The minimum atomic E-state index is 0.486. The van der Waals surface area contributed by atoms with Gasteiger partial charge in [-0.25, -0.2) is 4.98 Å². The van der Waals surface area contributed by atoms with Crippen LogP contribution in [0.15, 0.2) is 36.4 Å². The van der Waals surface area contributed by atoms with E-state index >= 15 is 0 Å². The Morgan fingerprint density at radius 2 is 2.00 bits per heavy atom. The van der Waals surface area contributed by atoms with Gasteiger partial charge in [0.25, 0.3) is 0 Å². The molecule has 2 rings (SSSR count). The molecule has 1 aromatic heterocycles. The van der Waals surface area contributed by atoms with Crippen LogP contribution in [0.3, 0.4) is 0 Å². The maximum absolute atomic E-state index is 9.02. The van der Waals surface area contributed by atoms with Crippen LogP contribution in [0.2, 0.25) is 5.15 Å². The Hall–Kier alpha value is -1.85. The quantitative estimate of drug-likeness (QED) is 0.756. The van der Waals surface area contributed by atoms with Crippen LogP contribution in [-0.4, -0.2) is 4.98 Å². The second-order valence-corrected chi connectivity index (χ2v) is 4.23. The predicted octanol–water partition coefficient (Wildman–Crippen LogP) is 3.51. The number of pyridine rings is 1. The van der Waals surface area contributed by atoms with Gasteiger partial charge < -0.3 is 0 Å². The van der Waals surface area contributed by atoms with Crippen LogP contribution in [0.25, 0.3) is 0 Å². The molecule has 0 unspecified atom stereocenters. The lowest BCUT2D eigenvalue weighted by Gasteiger charge is -2.06. The van der Waals surface area contributed by atoms with Crippen molar-refractivity contribution in [3.05, 3.63) is 63.9 Å². The highest BCUT2D eigenvalue weighted by molar-refractivity contribution is 6.29. The van der Waals surface area contributed by atoms with E-state index in [1.54, 1.807) is 6.07 Å². The van der Waals surface area contributed by atoms with Crippen molar-refractivity contribution < 1.29 is 0 Å². The third kappa shape index (κ3) is 2.64. The van der Waals surface area contributed by atoms with Gasteiger partial charge in [0.2, 0.25) is 0 Å². The Bertz CT molecular complexity index is 585. The molecule has 0 fully saturated rings. The first-order valence-corrected chi connectivity index (χ1v) is 5.68. The number of aryl methyl sites for hydroxylation is 1. The Morgan fingerprint density at radius 1 is 1.24 bits per heavy atom. The van der Waals surface area contributed by atoms with Crippen molar-refractivity contribution in [3.8, 4) is 6.07 Å². The number of nitrogens with zero attached hydrogens (tertiary/aromatic N) is 2. The van der Waals surface area contributed by atoms with Gasteiger partial charge in [0.1, 0.15) is 5.15 Å². The zero-order valence-corrected chi connectivity index (χ0v) is 10.2. The summed E-state index contributed by atoms with van der Waals surface area (Å²) in [5.74, 6) is 0. The Labute approximate surface area is 105 Å². The zero-order valence-electron chi connectivity index (χ0n) is 9.44. The molecule has 17 heavy (non-hydrogen) atoms. The first kappa shape index (κ1) is 11.6. The van der Waals surface area contributed by atoms with Crippen LogP contribution < -0.4 is 0 Å². The zero-order chi connectivity index (χ0) is 12.3. The monoisotopic (exact) mass is 242 g/mol. The summed E-state index contributed by atoms with van der Waals surface area (Å²) in [5, 5.41) is 9.51. The smallest absolute Gasteiger partial charge is 0.129 e. The lowest BCUT2D eigenvalue weighted by molar-refractivity contribution is 1.04. The molecule has 1 aromatic carbocycles. The third-order valence-corrected chi connectivity index (χ3v) is 2.87. The Morgan fingerprint density at radius 3 is 2.76 bits per heavy atom. The average Bonchev–Trinajstić information content (AvgIpc) is 2.34. The van der Waals surface area contributed by atoms with Crippen molar-refractivity contribution in [2.45, 2.75) is 13.3 Å². The summed E-state index contributed by atoms with van der Waals surface area (Å²) in [6.07, 6.45) is 0.635. The van der Waals surface area contributed by atoms with Crippen LogP contribution >= 0.6 is 11.6 Å². The normalized spacial score (nSPS) is 9.94. The molecule has 0 spiro atoms. The largest absolute Gasteiger partial charge is 0.241 e. The number of nitriles is 1. The van der Waals surface area contributed by atoms with Crippen molar-refractivity contribution >= 4 is 11.6 Å². The highest BCUT2D eigenvalue weighted by Gasteiger charge is 2.06. The van der Waals surface area contributed by atoms with Gasteiger partial charge in [-0.05, 0) is 30.2 Å². The molecule has 0 N–H and O–H groups in total. The van der Waals surface area contributed by atoms with Gasteiger partial charge in [-0.3, -0.25) is 0 Å². The summed E-state index contributed by atoms with van der Waals surface area (Å²) in [6, 6.07) is 13.5. The molecule has 2 aromatic rings. The van der Waals surface area contributed by atoms with Crippen molar-refractivity contribution in [3.63, 3.8) is 0 Å². The summed E-state index contributed by atoms with van der Waals surface area (Å²) in [6.45, 7) is 1.99. The molecule has 0 aliphatic carbocycles. The molecule has 1 heterocycles. The average molecular weight is 243 g/mol. The summed E-state index contributed by atoms with van der Waals surface area (Å²) >= 11 is 5.88. The van der Waals surface area contributed by atoms with Gasteiger partial charge in [-0.1, -0.05) is 35.9 Å². The molecule has 0 aliphatic rings. The van der Waals surface area contributed by atoms with Crippen LogP contribution in [-0.2, 0) is 6.42 Å². The van der Waals surface area contributed by atoms with Crippen LogP contribution in [0.4, 0.5) is 0 Å². The number of hydrogen-bond donors (Lipinski definition) is 0. The molecule has 0 saturated heterocycles. The molecule has 0 bridgehead atoms. The van der Waals surface area contributed by atoms with Crippen LogP contribution in [0.1, 0.15) is 22.4 Å². The number of benzene rings is 1. The molecule has 0 aliphatic heterocycles. The molecular formula is C14H11ClN2. The van der Waals surface area contributed by atoms with Gasteiger partial charge in [0, 0.05) is 12.1 Å². The highest BCUT2D eigenvalue weighted by Crippen LogP contribution is 2.17. The maximum atomic E-state index is 9.02. The van der Waals surface area contributed by atoms with E-state index in [9.17, 15) is 0 Å². The molecule has 84 valence electrons. The summed E-state index contributed by atoms with van der Waals surface area (Å²) in [4.78, 5) is 4.30. The molecule has 0 amide bonds.